The van der Waals surface area contributed by atoms with E-state index in [0.29, 0.717) is 12.1 Å². The number of benzene rings is 2. The lowest BCUT2D eigenvalue weighted by Gasteiger charge is -2.09. The van der Waals surface area contributed by atoms with Gasteiger partial charge in [0.15, 0.2) is 0 Å². The Bertz CT molecular complexity index is 846. The van der Waals surface area contributed by atoms with Gasteiger partial charge in [0.2, 0.25) is 0 Å². The van der Waals surface area contributed by atoms with Crippen LogP contribution in [0.1, 0.15) is 16.0 Å². The van der Waals surface area contributed by atoms with Crippen molar-refractivity contribution in [2.24, 2.45) is 0 Å². The van der Waals surface area contributed by atoms with Gasteiger partial charge in [0.25, 0.3) is 0 Å². The van der Waals surface area contributed by atoms with Gasteiger partial charge in [0, 0.05) is 20.7 Å². The fourth-order valence-electron chi connectivity index (χ4n) is 2.24. The molecule has 0 radical (unpaired) electrons. The molecule has 0 amide bonds. The predicted octanol–water partition coefficient (Wildman–Crippen LogP) is 5.35. The van der Waals surface area contributed by atoms with Crippen LogP contribution >= 0.6 is 22.9 Å². The lowest BCUT2D eigenvalue weighted by atomic mass is 10.1. The summed E-state index contributed by atoms with van der Waals surface area (Å²) in [5.74, 6) is 0. The molecule has 0 saturated heterocycles. The van der Waals surface area contributed by atoms with Gasteiger partial charge in [0.1, 0.15) is 0 Å². The van der Waals surface area contributed by atoms with Crippen LogP contribution in [0.4, 0.5) is 5.69 Å². The van der Waals surface area contributed by atoms with E-state index in [1.54, 1.807) is 11.3 Å². The van der Waals surface area contributed by atoms with E-state index in [1.165, 1.54) is 4.70 Å². The molecule has 1 aromatic heterocycles. The first kappa shape index (κ1) is 13.9. The molecule has 0 aliphatic carbocycles. The van der Waals surface area contributed by atoms with Gasteiger partial charge in [-0.25, -0.2) is 0 Å². The molecule has 0 spiro atoms. The fraction of sp³-hybridized carbons (Fsp3) is 0.118. The van der Waals surface area contributed by atoms with E-state index in [2.05, 4.69) is 17.5 Å². The van der Waals surface area contributed by atoms with Crippen molar-refractivity contribution in [3.05, 3.63) is 63.5 Å². The van der Waals surface area contributed by atoms with Crippen LogP contribution < -0.4 is 5.32 Å². The zero-order chi connectivity index (χ0) is 14.8. The fourth-order valence-corrected chi connectivity index (χ4v) is 3.68. The molecule has 0 unspecified atom stereocenters. The molecule has 1 N–H and O–H groups in total. The van der Waals surface area contributed by atoms with Crippen molar-refractivity contribution >= 4 is 38.7 Å². The van der Waals surface area contributed by atoms with Gasteiger partial charge >= 0.3 is 0 Å². The summed E-state index contributed by atoms with van der Waals surface area (Å²) < 4.78 is 1.20. The third-order valence-electron chi connectivity index (χ3n) is 3.41. The number of nitriles is 1. The second-order valence-electron chi connectivity index (χ2n) is 4.83. The highest BCUT2D eigenvalue weighted by Crippen LogP contribution is 2.35. The molecule has 21 heavy (non-hydrogen) atoms. The highest BCUT2D eigenvalue weighted by atomic mass is 35.5. The summed E-state index contributed by atoms with van der Waals surface area (Å²) in [6.07, 6.45) is 0. The zero-order valence-corrected chi connectivity index (χ0v) is 13.1. The van der Waals surface area contributed by atoms with Gasteiger partial charge in [-0.1, -0.05) is 35.9 Å². The van der Waals surface area contributed by atoms with Crippen LogP contribution in [0.15, 0.2) is 42.5 Å². The lowest BCUT2D eigenvalue weighted by molar-refractivity contribution is 1.18. The monoisotopic (exact) mass is 312 g/mol. The highest BCUT2D eigenvalue weighted by Gasteiger charge is 2.10. The van der Waals surface area contributed by atoms with Crippen molar-refractivity contribution in [1.29, 1.82) is 5.26 Å². The Kier molecular flexibility index (Phi) is 3.83. The molecule has 0 aliphatic heterocycles. The van der Waals surface area contributed by atoms with Crippen LogP contribution in [0, 0.1) is 18.3 Å². The minimum atomic E-state index is 0.658. The number of fused-ring (bicyclic) bond motifs is 1. The van der Waals surface area contributed by atoms with E-state index >= 15 is 0 Å². The Morgan fingerprint density at radius 3 is 2.81 bits per heavy atom. The van der Waals surface area contributed by atoms with E-state index in [4.69, 9.17) is 16.9 Å². The summed E-state index contributed by atoms with van der Waals surface area (Å²) in [6.45, 7) is 2.68. The Balaban J connectivity index is 1.87. The van der Waals surface area contributed by atoms with Gasteiger partial charge in [-0.3, -0.25) is 0 Å². The largest absolute Gasteiger partial charge is 0.380 e. The average molecular weight is 313 g/mol. The highest BCUT2D eigenvalue weighted by molar-refractivity contribution is 7.19. The number of thiophene rings is 1. The molecule has 1 heterocycles. The number of rotatable bonds is 3. The Morgan fingerprint density at radius 1 is 1.24 bits per heavy atom. The van der Waals surface area contributed by atoms with Gasteiger partial charge in [-0.2, -0.15) is 5.26 Å². The van der Waals surface area contributed by atoms with Gasteiger partial charge in [0.05, 0.1) is 23.2 Å². The third kappa shape index (κ3) is 2.73. The van der Waals surface area contributed by atoms with Crippen molar-refractivity contribution < 1.29 is 0 Å². The third-order valence-corrected chi connectivity index (χ3v) is 5.12. The summed E-state index contributed by atoms with van der Waals surface area (Å²) in [5, 5.41) is 14.3. The number of nitrogens with zero attached hydrogens (tertiary/aromatic N) is 1. The maximum absolute atomic E-state index is 8.98. The molecule has 2 nitrogen and oxygen atoms in total. The van der Waals surface area contributed by atoms with Crippen molar-refractivity contribution in [2.45, 2.75) is 13.5 Å². The first-order valence-corrected chi connectivity index (χ1v) is 7.79. The quantitative estimate of drug-likeness (QED) is 0.708. The average Bonchev–Trinajstić information content (AvgIpc) is 2.83. The first-order chi connectivity index (χ1) is 10.2. The second kappa shape index (κ2) is 5.77. The van der Waals surface area contributed by atoms with E-state index < -0.39 is 0 Å². The molecular weight excluding hydrogens is 300 g/mol. The minimum Gasteiger partial charge on any atom is -0.380 e. The Morgan fingerprint density at radius 2 is 2.05 bits per heavy atom. The molecule has 0 bridgehead atoms. The number of aryl methyl sites for hydroxylation is 1. The van der Waals surface area contributed by atoms with E-state index in [9.17, 15) is 0 Å². The number of hydrogen-bond acceptors (Lipinski definition) is 3. The summed E-state index contributed by atoms with van der Waals surface area (Å²) in [5.41, 5.74) is 2.75. The maximum Gasteiger partial charge on any atom is 0.0992 e. The van der Waals surface area contributed by atoms with E-state index in [1.807, 2.05) is 43.3 Å². The van der Waals surface area contributed by atoms with Crippen LogP contribution in [-0.2, 0) is 6.54 Å². The number of hydrogen-bond donors (Lipinski definition) is 1. The Labute approximate surface area is 132 Å². The SMILES string of the molecule is Cc1ccc(C#N)cc1NCc1sc2ccccc2c1Cl. The normalized spacial score (nSPS) is 10.5. The minimum absolute atomic E-state index is 0.658. The second-order valence-corrected chi connectivity index (χ2v) is 6.35. The maximum atomic E-state index is 8.98. The summed E-state index contributed by atoms with van der Waals surface area (Å²) >= 11 is 8.14. The molecule has 2 aromatic carbocycles. The molecular formula is C17H13ClN2S. The lowest BCUT2D eigenvalue weighted by Crippen LogP contribution is -2.00. The van der Waals surface area contributed by atoms with Crippen LogP contribution in [-0.4, -0.2) is 0 Å². The van der Waals surface area contributed by atoms with Gasteiger partial charge in [-0.15, -0.1) is 11.3 Å². The number of halogens is 1. The van der Waals surface area contributed by atoms with Crippen LogP contribution in [0.5, 0.6) is 0 Å². The van der Waals surface area contributed by atoms with E-state index in [0.717, 1.165) is 26.5 Å². The number of anilines is 1. The van der Waals surface area contributed by atoms with Crippen molar-refractivity contribution in [3.63, 3.8) is 0 Å². The van der Waals surface area contributed by atoms with Crippen LogP contribution in [0.25, 0.3) is 10.1 Å². The molecule has 3 rings (SSSR count). The standard InChI is InChI=1S/C17H13ClN2S/c1-11-6-7-12(9-19)8-14(11)20-10-16-17(18)13-4-2-3-5-15(13)21-16/h2-8,20H,10H2,1H3. The molecule has 104 valence electrons. The smallest absolute Gasteiger partial charge is 0.0992 e. The van der Waals surface area contributed by atoms with Crippen molar-refractivity contribution in [3.8, 4) is 6.07 Å². The topological polar surface area (TPSA) is 35.8 Å². The summed E-state index contributed by atoms with van der Waals surface area (Å²) in [4.78, 5) is 1.11. The molecule has 3 aromatic rings. The zero-order valence-electron chi connectivity index (χ0n) is 11.5. The Hall–Kier alpha value is -2.02. The van der Waals surface area contributed by atoms with Gasteiger partial charge < -0.3 is 5.32 Å². The first-order valence-electron chi connectivity index (χ1n) is 6.59. The summed E-state index contributed by atoms with van der Waals surface area (Å²) in [7, 11) is 0. The molecule has 0 fully saturated rings. The van der Waals surface area contributed by atoms with Crippen molar-refractivity contribution in [2.75, 3.05) is 5.32 Å². The molecule has 0 saturated carbocycles. The van der Waals surface area contributed by atoms with Crippen LogP contribution in [0.3, 0.4) is 0 Å². The number of nitrogens with one attached hydrogen (secondary N) is 1. The molecule has 4 heteroatoms. The predicted molar refractivity (Wildman–Crippen MR) is 90.1 cm³/mol. The molecule has 0 atom stereocenters. The van der Waals surface area contributed by atoms with Crippen LogP contribution in [0.2, 0.25) is 5.02 Å². The van der Waals surface area contributed by atoms with Crippen molar-refractivity contribution in [1.82, 2.24) is 0 Å². The summed E-state index contributed by atoms with van der Waals surface area (Å²) in [6, 6.07) is 16.0. The van der Waals surface area contributed by atoms with Gasteiger partial charge in [-0.05, 0) is 30.7 Å². The molecule has 0 aliphatic rings. The van der Waals surface area contributed by atoms with E-state index in [-0.39, 0.29) is 0 Å².